The number of hydrogen-bond acceptors (Lipinski definition) is 6. The van der Waals surface area contributed by atoms with Crippen LogP contribution in [-0.4, -0.2) is 6.21 Å². The lowest BCUT2D eigenvalue weighted by molar-refractivity contribution is 1.20. The molecule has 0 atom stereocenters. The molecule has 0 aliphatic carbocycles. The van der Waals surface area contributed by atoms with Crippen LogP contribution in [0.4, 0.5) is 0 Å². The van der Waals surface area contributed by atoms with E-state index in [1.54, 1.807) is 52.4 Å². The summed E-state index contributed by atoms with van der Waals surface area (Å²) < 4.78 is 2.28. The largest absolute Gasteiger partial charge is 0.193 e. The summed E-state index contributed by atoms with van der Waals surface area (Å²) in [7, 11) is 0. The highest BCUT2D eigenvalue weighted by Crippen LogP contribution is 2.48. The van der Waals surface area contributed by atoms with Gasteiger partial charge in [0.15, 0.2) is 3.98 Å². The summed E-state index contributed by atoms with van der Waals surface area (Å²) in [5, 5.41) is 8.33. The van der Waals surface area contributed by atoms with Crippen molar-refractivity contribution in [1.82, 2.24) is 0 Å². The molecule has 0 radical (unpaired) electrons. The Bertz CT molecular complexity index is 563. The van der Waals surface area contributed by atoms with Crippen LogP contribution in [0.5, 0.6) is 0 Å². The van der Waals surface area contributed by atoms with Crippen molar-refractivity contribution in [2.75, 3.05) is 0 Å². The number of allylic oxidation sites excluding steroid dienone is 3. The molecule has 0 amide bonds. The van der Waals surface area contributed by atoms with E-state index in [9.17, 15) is 0 Å². The van der Waals surface area contributed by atoms with Crippen LogP contribution in [0.3, 0.4) is 0 Å². The van der Waals surface area contributed by atoms with Crippen molar-refractivity contribution in [2.45, 2.75) is 27.7 Å². The van der Waals surface area contributed by atoms with Gasteiger partial charge in [-0.3, -0.25) is 0 Å². The predicted molar refractivity (Wildman–Crippen MR) is 87.4 cm³/mol. The fraction of sp³-hybridized carbons (Fsp3) is 0.333. The second-order valence-electron chi connectivity index (χ2n) is 3.75. The van der Waals surface area contributed by atoms with Crippen molar-refractivity contribution in [3.05, 3.63) is 33.9 Å². The fourth-order valence-electron chi connectivity index (χ4n) is 1.18. The van der Waals surface area contributed by atoms with Crippen LogP contribution in [-0.2, 0) is 0 Å². The topological polar surface area (TPSA) is 24.7 Å². The second-order valence-corrected chi connectivity index (χ2v) is 9.19. The molecule has 1 aliphatic rings. The Kier molecular flexibility index (Phi) is 4.89. The Hall–Kier alpha value is -0.300. The molecule has 0 spiro atoms. The summed E-state index contributed by atoms with van der Waals surface area (Å²) >= 11 is 7.00. The molecule has 0 unspecified atom stereocenters. The van der Waals surface area contributed by atoms with Gasteiger partial charge >= 0.3 is 0 Å². The first-order valence-electron chi connectivity index (χ1n) is 5.44. The minimum Gasteiger partial charge on any atom is -0.157 e. The Morgan fingerprint density at radius 1 is 0.889 bits per heavy atom. The second kappa shape index (κ2) is 6.23. The Labute approximate surface area is 124 Å². The zero-order valence-electron chi connectivity index (χ0n) is 10.7. The lowest BCUT2D eigenvalue weighted by Gasteiger charge is -1.89. The Morgan fingerprint density at radius 3 is 2.00 bits per heavy atom. The van der Waals surface area contributed by atoms with Crippen LogP contribution >= 0.6 is 46.2 Å². The van der Waals surface area contributed by atoms with Crippen LogP contribution < -0.4 is 3.98 Å². The molecule has 1 aromatic rings. The van der Waals surface area contributed by atoms with Gasteiger partial charge in [0.2, 0.25) is 0 Å². The Balaban J connectivity index is 2.02. The minimum atomic E-state index is 1.01. The monoisotopic (exact) mass is 314 g/mol. The summed E-state index contributed by atoms with van der Waals surface area (Å²) in [5.41, 5.74) is 0. The van der Waals surface area contributed by atoms with Gasteiger partial charge in [-0.05, 0) is 43.6 Å². The van der Waals surface area contributed by atoms with Crippen LogP contribution in [0, 0.1) is 13.8 Å². The number of aryl methyl sites for hydroxylation is 2. The maximum atomic E-state index is 4.22. The maximum absolute atomic E-state index is 4.22. The number of thioether (sulfide) groups is 2. The molecule has 18 heavy (non-hydrogen) atoms. The third-order valence-electron chi connectivity index (χ3n) is 2.40. The molecule has 1 aliphatic heterocycles. The van der Waals surface area contributed by atoms with Gasteiger partial charge < -0.3 is 0 Å². The van der Waals surface area contributed by atoms with E-state index in [-0.39, 0.29) is 0 Å². The van der Waals surface area contributed by atoms with Gasteiger partial charge in [-0.25, -0.2) is 0 Å². The fourth-order valence-corrected chi connectivity index (χ4v) is 5.65. The van der Waals surface area contributed by atoms with E-state index >= 15 is 0 Å². The van der Waals surface area contributed by atoms with Crippen molar-refractivity contribution in [1.29, 1.82) is 0 Å². The normalized spacial score (nSPS) is 15.9. The van der Waals surface area contributed by atoms with Crippen molar-refractivity contribution >= 4 is 52.4 Å². The smallest absolute Gasteiger partial charge is 0.157 e. The van der Waals surface area contributed by atoms with Gasteiger partial charge in [0.1, 0.15) is 0 Å². The third kappa shape index (κ3) is 3.60. The number of hydrogen-bond donors (Lipinski definition) is 0. The summed E-state index contributed by atoms with van der Waals surface area (Å²) in [4.78, 5) is 5.40. The highest BCUT2D eigenvalue weighted by atomic mass is 32.2. The van der Waals surface area contributed by atoms with Gasteiger partial charge in [0.25, 0.3) is 0 Å². The van der Waals surface area contributed by atoms with Crippen molar-refractivity contribution < 1.29 is 0 Å². The van der Waals surface area contributed by atoms with Gasteiger partial charge in [-0.15, -0.1) is 27.8 Å². The zero-order chi connectivity index (χ0) is 13.1. The van der Waals surface area contributed by atoms with E-state index in [1.807, 2.05) is 6.08 Å². The first-order chi connectivity index (χ1) is 8.56. The predicted octanol–water partition coefficient (Wildman–Crippen LogP) is 4.89. The number of rotatable bonds is 2. The zero-order valence-corrected chi connectivity index (χ0v) is 13.9. The lowest BCUT2D eigenvalue weighted by Crippen LogP contribution is -1.82. The first kappa shape index (κ1) is 14.1. The molecular formula is C12H14N2S4. The van der Waals surface area contributed by atoms with Gasteiger partial charge in [0.05, 0.1) is 10.5 Å². The quantitative estimate of drug-likeness (QED) is 0.574. The molecule has 96 valence electrons. The molecule has 0 bridgehead atoms. The molecule has 0 N–H and O–H groups in total. The summed E-state index contributed by atoms with van der Waals surface area (Å²) in [6.45, 7) is 8.52. The van der Waals surface area contributed by atoms with E-state index in [0.717, 1.165) is 3.98 Å². The minimum absolute atomic E-state index is 1.01. The van der Waals surface area contributed by atoms with E-state index in [2.05, 4.69) is 37.9 Å². The molecule has 0 saturated carbocycles. The van der Waals surface area contributed by atoms with Crippen molar-refractivity contribution in [3.63, 3.8) is 0 Å². The Morgan fingerprint density at radius 2 is 1.44 bits per heavy atom. The van der Waals surface area contributed by atoms with Crippen molar-refractivity contribution in [2.24, 2.45) is 10.2 Å². The molecule has 0 saturated heterocycles. The molecule has 1 aromatic heterocycles. The molecule has 2 nitrogen and oxygen atoms in total. The molecule has 2 heterocycles. The first-order valence-corrected chi connectivity index (χ1v) is 8.70. The highest BCUT2D eigenvalue weighted by molar-refractivity contribution is 8.28. The van der Waals surface area contributed by atoms with Gasteiger partial charge in [-0.1, -0.05) is 23.5 Å². The average molecular weight is 315 g/mol. The van der Waals surface area contributed by atoms with E-state index in [0.29, 0.717) is 0 Å². The molecule has 0 aromatic carbocycles. The van der Waals surface area contributed by atoms with E-state index in [1.165, 1.54) is 23.8 Å². The van der Waals surface area contributed by atoms with E-state index < -0.39 is 0 Å². The summed E-state index contributed by atoms with van der Waals surface area (Å²) in [6.07, 6.45) is 3.80. The average Bonchev–Trinajstić information content (AvgIpc) is 2.79. The molecular weight excluding hydrogens is 300 g/mol. The van der Waals surface area contributed by atoms with Crippen molar-refractivity contribution in [3.8, 4) is 0 Å². The molecule has 2 rings (SSSR count). The lowest BCUT2D eigenvalue weighted by atomic mass is 10.5. The number of nitrogens with zero attached hydrogens (tertiary/aromatic N) is 2. The summed E-state index contributed by atoms with van der Waals surface area (Å²) in [6, 6.07) is 0. The van der Waals surface area contributed by atoms with Crippen LogP contribution in [0.1, 0.15) is 23.6 Å². The molecule has 6 heteroatoms. The van der Waals surface area contributed by atoms with Crippen LogP contribution in [0.15, 0.2) is 30.3 Å². The third-order valence-corrected chi connectivity index (χ3v) is 7.29. The van der Waals surface area contributed by atoms with E-state index in [4.69, 9.17) is 0 Å². The maximum Gasteiger partial charge on any atom is 0.193 e. The summed E-state index contributed by atoms with van der Waals surface area (Å²) in [5.74, 6) is 0. The SMILES string of the molecule is CC1=C(C)SC(=C/C=N/N=c2sc(C)c(C)s2)S1. The highest BCUT2D eigenvalue weighted by Gasteiger charge is 2.12. The molecule has 0 fully saturated rings. The van der Waals surface area contributed by atoms with Gasteiger partial charge in [-0.2, -0.15) is 5.10 Å². The van der Waals surface area contributed by atoms with Gasteiger partial charge in [0, 0.05) is 9.75 Å². The standard InChI is InChI=1S/C12H14N2S4/c1-7-8(2)16-11(15-7)5-6-13-14-12-17-9(3)10(4)18-12/h5-6H,1-4H3/b13-6+. The van der Waals surface area contributed by atoms with Crippen LogP contribution in [0.2, 0.25) is 0 Å². The van der Waals surface area contributed by atoms with Crippen LogP contribution in [0.25, 0.3) is 0 Å².